The Labute approximate surface area is 309 Å². The van der Waals surface area contributed by atoms with Gasteiger partial charge in [0, 0.05) is 18.2 Å². The highest BCUT2D eigenvalue weighted by molar-refractivity contribution is 7.40. The molecule has 0 atom stereocenters. The molecule has 0 amide bonds. The van der Waals surface area contributed by atoms with Crippen molar-refractivity contribution in [2.45, 2.75) is 0 Å². The molecule has 296 valence electrons. The zero-order chi connectivity index (χ0) is 41.0. The smallest absolute Gasteiger partial charge is 0.310 e. The summed E-state index contributed by atoms with van der Waals surface area (Å²) < 4.78 is 27.1. The van der Waals surface area contributed by atoms with E-state index >= 15 is 0 Å². The van der Waals surface area contributed by atoms with Crippen LogP contribution in [-0.2, 0) is 4.57 Å². The number of benzene rings is 3. The molecule has 19 nitrogen and oxygen atoms in total. The number of para-hydroxylation sites is 6. The number of likely N-dealkylation sites (N-methyl/N-ethyl adjacent to an activating group) is 3. The molecule has 3 rings (SSSR count). The molecule has 0 fully saturated rings. The standard InChI is InChI=1S/3C11H17N2O3.H3O4P/c3*1-13(2,3)8-9-16-11-7-5-4-6-10(11)12(14)15;1-5(2,3)4/h3*4-7H,8-9H2,1-3H3;(H3,1,2,3,4)/q3*+1;/p-3. The molecule has 20 heteroatoms. The second kappa shape index (κ2) is 22.3. The Morgan fingerprint density at radius 1 is 0.472 bits per heavy atom. The van der Waals surface area contributed by atoms with Crippen molar-refractivity contribution in [1.82, 2.24) is 0 Å². The number of hydrogen-bond donors (Lipinski definition) is 0. The quantitative estimate of drug-likeness (QED) is 0.0933. The lowest BCUT2D eigenvalue weighted by atomic mass is 10.3. The Morgan fingerprint density at radius 3 is 0.830 bits per heavy atom. The number of nitrogens with zero attached hydrogens (tertiary/aromatic N) is 6. The first kappa shape index (κ1) is 48.2. The number of quaternary nitrogens is 3. The maximum atomic E-state index is 10.7. The first-order chi connectivity index (χ1) is 24.2. The normalized spacial score (nSPS) is 11.2. The lowest BCUT2D eigenvalue weighted by Crippen LogP contribution is -2.38. The van der Waals surface area contributed by atoms with Gasteiger partial charge in [0.15, 0.2) is 17.2 Å². The van der Waals surface area contributed by atoms with Crippen LogP contribution in [0, 0.1) is 30.3 Å². The summed E-state index contributed by atoms with van der Waals surface area (Å²) in [4.78, 5) is 56.5. The molecule has 0 aliphatic carbocycles. The van der Waals surface area contributed by atoms with Crippen molar-refractivity contribution in [3.63, 3.8) is 0 Å². The number of phosphoric acid groups is 1. The molecule has 3 aromatic rings. The highest BCUT2D eigenvalue weighted by atomic mass is 31.2. The summed E-state index contributed by atoms with van der Waals surface area (Å²) in [7, 11) is 13.0. The van der Waals surface area contributed by atoms with Crippen molar-refractivity contribution < 1.29 is 61.7 Å². The topological polar surface area (TPSA) is 243 Å². The van der Waals surface area contributed by atoms with Gasteiger partial charge in [0.25, 0.3) is 0 Å². The first-order valence-electron chi connectivity index (χ1n) is 15.9. The van der Waals surface area contributed by atoms with E-state index in [0.29, 0.717) is 37.1 Å². The zero-order valence-electron chi connectivity index (χ0n) is 31.6. The van der Waals surface area contributed by atoms with Crippen molar-refractivity contribution >= 4 is 24.9 Å². The predicted octanol–water partition coefficient (Wildman–Crippen LogP) is 2.21. The third kappa shape index (κ3) is 25.8. The first-order valence-corrected chi connectivity index (χ1v) is 17.4. The van der Waals surface area contributed by atoms with Gasteiger partial charge in [-0.2, -0.15) is 7.82 Å². The van der Waals surface area contributed by atoms with Crippen LogP contribution in [0.4, 0.5) is 17.1 Å². The molecule has 0 aliphatic heterocycles. The van der Waals surface area contributed by atoms with Crippen LogP contribution in [0.15, 0.2) is 72.8 Å². The molecule has 0 heterocycles. The van der Waals surface area contributed by atoms with E-state index in [2.05, 4.69) is 0 Å². The molecule has 53 heavy (non-hydrogen) atoms. The lowest BCUT2D eigenvalue weighted by molar-refractivity contribution is -0.870. The fourth-order valence-electron chi connectivity index (χ4n) is 3.48. The maximum Gasteiger partial charge on any atom is 0.310 e. The van der Waals surface area contributed by atoms with Gasteiger partial charge in [0.2, 0.25) is 0 Å². The second-order valence-corrected chi connectivity index (χ2v) is 15.1. The van der Waals surface area contributed by atoms with Gasteiger partial charge >= 0.3 is 17.1 Å². The van der Waals surface area contributed by atoms with E-state index in [1.54, 1.807) is 54.6 Å². The van der Waals surface area contributed by atoms with Gasteiger partial charge in [-0.25, -0.2) is 0 Å². The zero-order valence-corrected chi connectivity index (χ0v) is 32.5. The van der Waals surface area contributed by atoms with Crippen LogP contribution in [0.1, 0.15) is 0 Å². The third-order valence-electron chi connectivity index (χ3n) is 6.24. The summed E-state index contributed by atoms with van der Waals surface area (Å²) in [5.74, 6) is 1.00. The minimum atomic E-state index is -5.39. The molecule has 0 saturated heterocycles. The van der Waals surface area contributed by atoms with Crippen LogP contribution < -0.4 is 28.9 Å². The highest BCUT2D eigenvalue weighted by Gasteiger charge is 2.17. The van der Waals surface area contributed by atoms with Crippen LogP contribution >= 0.6 is 7.82 Å². The molecule has 0 aromatic heterocycles. The van der Waals surface area contributed by atoms with Crippen molar-refractivity contribution in [2.75, 3.05) is 103 Å². The Kier molecular flexibility index (Phi) is 20.3. The van der Waals surface area contributed by atoms with Gasteiger partial charge in [-0.3, -0.25) is 30.3 Å². The highest BCUT2D eigenvalue weighted by Crippen LogP contribution is 2.27. The number of hydrogen-bond acceptors (Lipinski definition) is 13. The second-order valence-electron chi connectivity index (χ2n) is 14.2. The lowest BCUT2D eigenvalue weighted by Gasteiger charge is -2.36. The SMILES string of the molecule is C[N+](C)(C)CCOc1ccccc1[N+](=O)[O-].C[N+](C)(C)CCOc1ccccc1[N+](=O)[O-].C[N+](C)(C)CCOc1ccccc1[N+](=O)[O-].O=P([O-])([O-])[O-]. The van der Waals surface area contributed by atoms with Crippen LogP contribution in [0.5, 0.6) is 17.2 Å². The van der Waals surface area contributed by atoms with Gasteiger partial charge < -0.3 is 46.9 Å². The van der Waals surface area contributed by atoms with Crippen LogP contribution in [0.2, 0.25) is 0 Å². The fraction of sp³-hybridized carbons (Fsp3) is 0.455. The molecule has 0 N–H and O–H groups in total. The van der Waals surface area contributed by atoms with Gasteiger partial charge in [-0.1, -0.05) is 36.4 Å². The molecule has 0 aliphatic rings. The van der Waals surface area contributed by atoms with E-state index in [1.807, 2.05) is 63.4 Å². The van der Waals surface area contributed by atoms with Crippen molar-refractivity contribution in [3.05, 3.63) is 103 Å². The summed E-state index contributed by atoms with van der Waals surface area (Å²) in [6.45, 7) is 3.79. The predicted molar refractivity (Wildman–Crippen MR) is 192 cm³/mol. The summed E-state index contributed by atoms with van der Waals surface area (Å²) >= 11 is 0. The van der Waals surface area contributed by atoms with Gasteiger partial charge in [0.1, 0.15) is 39.5 Å². The number of nitro groups is 3. The Bertz CT molecular complexity index is 1450. The minimum absolute atomic E-state index is 0.0175. The average molecular weight is 771 g/mol. The maximum absolute atomic E-state index is 10.7. The van der Waals surface area contributed by atoms with Gasteiger partial charge in [-0.05, 0) is 18.2 Å². The summed E-state index contributed by atoms with van der Waals surface area (Å²) in [5, 5.41) is 32.1. The van der Waals surface area contributed by atoms with Crippen LogP contribution in [-0.4, -0.2) is 131 Å². The molecular formula is C33H51N6O13P. The molecule has 0 radical (unpaired) electrons. The molecular weight excluding hydrogens is 719 g/mol. The number of rotatable bonds is 15. The Balaban J connectivity index is 0.000000718. The van der Waals surface area contributed by atoms with E-state index in [4.69, 9.17) is 33.5 Å². The van der Waals surface area contributed by atoms with Crippen molar-refractivity contribution in [3.8, 4) is 17.2 Å². The molecule has 0 saturated carbocycles. The van der Waals surface area contributed by atoms with E-state index in [1.165, 1.54) is 18.2 Å². The van der Waals surface area contributed by atoms with E-state index in [9.17, 15) is 30.3 Å². The van der Waals surface area contributed by atoms with Crippen LogP contribution in [0.25, 0.3) is 0 Å². The Morgan fingerprint density at radius 2 is 0.660 bits per heavy atom. The largest absolute Gasteiger partial charge is 0.822 e. The van der Waals surface area contributed by atoms with Crippen molar-refractivity contribution in [2.24, 2.45) is 0 Å². The monoisotopic (exact) mass is 770 g/mol. The third-order valence-corrected chi connectivity index (χ3v) is 6.24. The number of nitro benzene ring substituents is 3. The molecule has 0 bridgehead atoms. The molecule has 0 unspecified atom stereocenters. The Hall–Kier alpha value is -4.75. The van der Waals surface area contributed by atoms with E-state index in [-0.39, 0.29) is 17.1 Å². The fourth-order valence-corrected chi connectivity index (χ4v) is 3.48. The summed E-state index contributed by atoms with van der Waals surface area (Å²) in [5.41, 5.74) is 0.0525. The molecule has 3 aromatic carbocycles. The van der Waals surface area contributed by atoms with Gasteiger partial charge in [-0.15, -0.1) is 0 Å². The number of ether oxygens (including phenoxy) is 3. The van der Waals surface area contributed by atoms with E-state index in [0.717, 1.165) is 33.1 Å². The van der Waals surface area contributed by atoms with Crippen molar-refractivity contribution in [1.29, 1.82) is 0 Å². The molecule has 0 spiro atoms. The average Bonchev–Trinajstić information content (AvgIpc) is 2.99. The van der Waals surface area contributed by atoms with Crippen LogP contribution in [0.3, 0.4) is 0 Å². The summed E-state index contributed by atoms with van der Waals surface area (Å²) in [6.07, 6.45) is 0. The van der Waals surface area contributed by atoms with Gasteiger partial charge in [0.05, 0.1) is 78.2 Å². The minimum Gasteiger partial charge on any atom is -0.822 e. The summed E-state index contributed by atoms with van der Waals surface area (Å²) in [6, 6.07) is 19.3. The van der Waals surface area contributed by atoms with E-state index < -0.39 is 22.6 Å².